The second-order valence-corrected chi connectivity index (χ2v) is 9.99. The van der Waals surface area contributed by atoms with Gasteiger partial charge >= 0.3 is 0 Å². The van der Waals surface area contributed by atoms with E-state index in [1.54, 1.807) is 0 Å². The average Bonchev–Trinajstić information content (AvgIpc) is 3.43. The molecular weight excluding hydrogens is 386 g/mol. The van der Waals surface area contributed by atoms with Crippen molar-refractivity contribution in [2.45, 2.75) is 64.8 Å². The molecule has 1 aromatic carbocycles. The van der Waals surface area contributed by atoms with E-state index in [9.17, 15) is 4.79 Å². The van der Waals surface area contributed by atoms with Crippen molar-refractivity contribution in [3.8, 4) is 0 Å². The molecule has 2 aromatic heterocycles. The first-order valence-electron chi connectivity index (χ1n) is 11.8. The van der Waals surface area contributed by atoms with Crippen molar-refractivity contribution < 1.29 is 4.79 Å². The molecule has 0 radical (unpaired) electrons. The fraction of sp³-hybridized carbons (Fsp3) is 0.560. The second kappa shape index (κ2) is 8.13. The Morgan fingerprint density at radius 2 is 2.13 bits per heavy atom. The molecule has 1 unspecified atom stereocenters. The summed E-state index contributed by atoms with van der Waals surface area (Å²) in [6.07, 6.45) is 10.0. The number of aromatic amines is 1. The van der Waals surface area contributed by atoms with Gasteiger partial charge in [-0.1, -0.05) is 38.5 Å². The van der Waals surface area contributed by atoms with Crippen LogP contribution in [0.1, 0.15) is 63.3 Å². The van der Waals surface area contributed by atoms with Crippen molar-refractivity contribution in [2.75, 3.05) is 13.1 Å². The fourth-order valence-electron chi connectivity index (χ4n) is 5.65. The highest BCUT2D eigenvalue weighted by molar-refractivity contribution is 5.83. The van der Waals surface area contributed by atoms with E-state index >= 15 is 0 Å². The van der Waals surface area contributed by atoms with Crippen molar-refractivity contribution in [2.24, 2.45) is 11.3 Å². The lowest BCUT2D eigenvalue weighted by Gasteiger charge is -2.42. The van der Waals surface area contributed by atoms with Gasteiger partial charge in [-0.25, -0.2) is 0 Å². The number of carbonyl (C=O) groups excluding carboxylic acids is 1. The third-order valence-corrected chi connectivity index (χ3v) is 7.38. The molecule has 1 N–H and O–H groups in total. The molecule has 6 heteroatoms. The first-order valence-corrected chi connectivity index (χ1v) is 11.8. The van der Waals surface area contributed by atoms with E-state index in [4.69, 9.17) is 0 Å². The van der Waals surface area contributed by atoms with Gasteiger partial charge in [-0.2, -0.15) is 0 Å². The number of aromatic nitrogens is 4. The molecule has 1 saturated heterocycles. The molecular formula is C25H33N5O. The maximum Gasteiger partial charge on any atom is 0.222 e. The molecule has 1 spiro atoms. The Kier molecular flexibility index (Phi) is 5.32. The van der Waals surface area contributed by atoms with Crippen LogP contribution in [0.4, 0.5) is 0 Å². The van der Waals surface area contributed by atoms with Gasteiger partial charge in [0.1, 0.15) is 12.2 Å². The minimum atomic E-state index is 0.217. The maximum absolute atomic E-state index is 13.1. The highest BCUT2D eigenvalue weighted by atomic mass is 16.2. The Morgan fingerprint density at radius 1 is 1.29 bits per heavy atom. The molecule has 0 bridgehead atoms. The number of aryl methyl sites for hydroxylation is 1. The van der Waals surface area contributed by atoms with Crippen LogP contribution in [-0.4, -0.2) is 43.6 Å². The zero-order valence-electron chi connectivity index (χ0n) is 18.7. The van der Waals surface area contributed by atoms with E-state index < -0.39 is 0 Å². The maximum atomic E-state index is 13.1. The summed E-state index contributed by atoms with van der Waals surface area (Å²) in [7, 11) is 0. The molecule has 1 amide bonds. The van der Waals surface area contributed by atoms with Crippen LogP contribution in [0.2, 0.25) is 0 Å². The zero-order chi connectivity index (χ0) is 21.4. The quantitative estimate of drug-likeness (QED) is 0.612. The number of nitrogens with one attached hydrogen (secondary N) is 1. The standard InChI is InChI=1S/C25H33N5O/c1-18(2)14-30-17-27-28-24(30)21-15-29(16-25(21)11-6-12-25)23(31)10-5-7-19-13-26-22-9-4-3-8-20(19)22/h3-4,8-9,13,17-18,21,26H,5-7,10-12,14-16H2,1-2H3. The van der Waals surface area contributed by atoms with Crippen LogP contribution in [0.5, 0.6) is 0 Å². The predicted octanol–water partition coefficient (Wildman–Crippen LogP) is 4.53. The molecule has 1 atom stereocenters. The van der Waals surface area contributed by atoms with Crippen LogP contribution in [0.25, 0.3) is 10.9 Å². The number of carbonyl (C=O) groups is 1. The van der Waals surface area contributed by atoms with Gasteiger partial charge in [-0.15, -0.1) is 10.2 Å². The summed E-state index contributed by atoms with van der Waals surface area (Å²) in [5.74, 6) is 2.25. The normalized spacial score (nSPS) is 20.1. The molecule has 1 aliphatic heterocycles. The van der Waals surface area contributed by atoms with Gasteiger partial charge in [0.05, 0.1) is 0 Å². The minimum Gasteiger partial charge on any atom is -0.361 e. The number of nitrogens with zero attached hydrogens (tertiary/aromatic N) is 4. The molecule has 1 saturated carbocycles. The molecule has 2 fully saturated rings. The number of rotatable bonds is 7. The summed E-state index contributed by atoms with van der Waals surface area (Å²) in [4.78, 5) is 18.6. The van der Waals surface area contributed by atoms with Gasteiger partial charge in [0, 0.05) is 49.1 Å². The van der Waals surface area contributed by atoms with Gasteiger partial charge < -0.3 is 14.5 Å². The van der Waals surface area contributed by atoms with Crippen LogP contribution >= 0.6 is 0 Å². The lowest BCUT2D eigenvalue weighted by atomic mass is 9.62. The molecule has 3 aromatic rings. The Labute approximate surface area is 184 Å². The molecule has 1 aliphatic carbocycles. The van der Waals surface area contributed by atoms with Crippen LogP contribution in [0, 0.1) is 11.3 Å². The Balaban J connectivity index is 1.24. The minimum absolute atomic E-state index is 0.217. The molecule has 3 heterocycles. The number of hydrogen-bond acceptors (Lipinski definition) is 3. The first-order chi connectivity index (χ1) is 15.1. The van der Waals surface area contributed by atoms with Crippen molar-refractivity contribution in [3.63, 3.8) is 0 Å². The third kappa shape index (κ3) is 3.77. The Bertz CT molecular complexity index is 1060. The van der Waals surface area contributed by atoms with E-state index in [2.05, 4.69) is 62.9 Å². The van der Waals surface area contributed by atoms with Crippen LogP contribution in [0.15, 0.2) is 36.8 Å². The lowest BCUT2D eigenvalue weighted by molar-refractivity contribution is -0.130. The van der Waals surface area contributed by atoms with E-state index in [1.165, 1.54) is 35.7 Å². The number of hydrogen-bond donors (Lipinski definition) is 1. The van der Waals surface area contributed by atoms with Crippen molar-refractivity contribution >= 4 is 16.8 Å². The van der Waals surface area contributed by atoms with Crippen molar-refractivity contribution in [1.82, 2.24) is 24.6 Å². The number of fused-ring (bicyclic) bond motifs is 1. The zero-order valence-corrected chi connectivity index (χ0v) is 18.7. The lowest BCUT2D eigenvalue weighted by Crippen LogP contribution is -2.38. The molecule has 31 heavy (non-hydrogen) atoms. The predicted molar refractivity (Wildman–Crippen MR) is 122 cm³/mol. The molecule has 5 rings (SSSR count). The summed E-state index contributed by atoms with van der Waals surface area (Å²) in [5.41, 5.74) is 2.69. The third-order valence-electron chi connectivity index (χ3n) is 7.38. The van der Waals surface area contributed by atoms with Gasteiger partial charge in [-0.05, 0) is 48.6 Å². The van der Waals surface area contributed by atoms with Gasteiger partial charge in [0.15, 0.2) is 0 Å². The van der Waals surface area contributed by atoms with Crippen LogP contribution < -0.4 is 0 Å². The summed E-state index contributed by atoms with van der Waals surface area (Å²) >= 11 is 0. The van der Waals surface area contributed by atoms with Gasteiger partial charge in [-0.3, -0.25) is 4.79 Å². The summed E-state index contributed by atoms with van der Waals surface area (Å²) < 4.78 is 2.22. The number of para-hydroxylation sites is 1. The summed E-state index contributed by atoms with van der Waals surface area (Å²) in [5, 5.41) is 10.0. The van der Waals surface area contributed by atoms with E-state index in [1.807, 2.05) is 12.4 Å². The van der Waals surface area contributed by atoms with Gasteiger partial charge in [0.25, 0.3) is 0 Å². The number of H-pyrrole nitrogens is 1. The average molecular weight is 420 g/mol. The topological polar surface area (TPSA) is 66.8 Å². The smallest absolute Gasteiger partial charge is 0.222 e. The van der Waals surface area contributed by atoms with Crippen LogP contribution in [-0.2, 0) is 17.8 Å². The van der Waals surface area contributed by atoms with Crippen molar-refractivity contribution in [1.29, 1.82) is 0 Å². The van der Waals surface area contributed by atoms with Crippen molar-refractivity contribution in [3.05, 3.63) is 48.2 Å². The van der Waals surface area contributed by atoms with Gasteiger partial charge in [0.2, 0.25) is 5.91 Å². The van der Waals surface area contributed by atoms with E-state index in [0.29, 0.717) is 24.2 Å². The first kappa shape index (κ1) is 20.3. The molecule has 6 nitrogen and oxygen atoms in total. The summed E-state index contributed by atoms with van der Waals surface area (Å²) in [6.45, 7) is 7.07. The SMILES string of the molecule is CC(C)Cn1cnnc1C1CN(C(=O)CCCc2c[nH]c3ccccc23)CC12CCC2. The Morgan fingerprint density at radius 3 is 2.90 bits per heavy atom. The molecule has 164 valence electrons. The van der Waals surface area contributed by atoms with E-state index in [-0.39, 0.29) is 5.41 Å². The highest BCUT2D eigenvalue weighted by Crippen LogP contribution is 2.55. The summed E-state index contributed by atoms with van der Waals surface area (Å²) in [6, 6.07) is 8.38. The highest BCUT2D eigenvalue weighted by Gasteiger charge is 2.53. The monoisotopic (exact) mass is 419 g/mol. The van der Waals surface area contributed by atoms with Crippen LogP contribution in [0.3, 0.4) is 0 Å². The molecule has 2 aliphatic rings. The van der Waals surface area contributed by atoms with E-state index in [0.717, 1.165) is 38.3 Å². The fourth-order valence-corrected chi connectivity index (χ4v) is 5.65. The Hall–Kier alpha value is -2.63. The largest absolute Gasteiger partial charge is 0.361 e. The number of benzene rings is 1. The second-order valence-electron chi connectivity index (χ2n) is 9.99. The number of likely N-dealkylation sites (tertiary alicyclic amines) is 1. The number of amides is 1.